The summed E-state index contributed by atoms with van der Waals surface area (Å²) in [6, 6.07) is 17.9. The van der Waals surface area contributed by atoms with Crippen LogP contribution in [0.25, 0.3) is 0 Å². The van der Waals surface area contributed by atoms with Crippen molar-refractivity contribution in [3.63, 3.8) is 0 Å². The predicted octanol–water partition coefficient (Wildman–Crippen LogP) is 6.13. The Kier molecular flexibility index (Phi) is 6.60. The number of carbonyl (C=O) groups is 1. The Bertz CT molecular complexity index is 1020. The number of rotatable bonds is 7. The van der Waals surface area contributed by atoms with Crippen LogP contribution in [-0.4, -0.2) is 18.8 Å². The molecule has 2 aromatic carbocycles. The number of nitrogens with zero attached hydrogens (tertiary/aromatic N) is 1. The molecule has 0 radical (unpaired) electrons. The van der Waals surface area contributed by atoms with Gasteiger partial charge in [0.05, 0.1) is 12.2 Å². The predicted molar refractivity (Wildman–Crippen MR) is 121 cm³/mol. The number of hydrogen-bond donors (Lipinski definition) is 0. The first-order valence-electron chi connectivity index (χ1n) is 10.4. The SMILES string of the molecule is CCOC(=O)c1c(N=Cc2ccc(OCc3ccccc3)cc2)sc2c1CCCC2. The molecule has 0 aliphatic heterocycles. The minimum Gasteiger partial charge on any atom is -0.489 e. The lowest BCUT2D eigenvalue weighted by Crippen LogP contribution is -2.09. The van der Waals surface area contributed by atoms with E-state index in [1.54, 1.807) is 17.6 Å². The van der Waals surface area contributed by atoms with Gasteiger partial charge in [0, 0.05) is 11.1 Å². The molecule has 4 rings (SSSR count). The zero-order valence-corrected chi connectivity index (χ0v) is 17.9. The summed E-state index contributed by atoms with van der Waals surface area (Å²) in [5, 5.41) is 0.754. The quantitative estimate of drug-likeness (QED) is 0.342. The molecular weight excluding hydrogens is 394 g/mol. The molecule has 1 aliphatic carbocycles. The fraction of sp³-hybridized carbons (Fsp3) is 0.280. The number of hydrogen-bond acceptors (Lipinski definition) is 5. The molecule has 0 fully saturated rings. The summed E-state index contributed by atoms with van der Waals surface area (Å²) < 4.78 is 11.1. The van der Waals surface area contributed by atoms with E-state index >= 15 is 0 Å². The first-order chi connectivity index (χ1) is 14.7. The second-order valence-corrected chi connectivity index (χ2v) is 8.30. The van der Waals surface area contributed by atoms with E-state index in [0.717, 1.165) is 46.7 Å². The number of aryl methyl sites for hydroxylation is 1. The molecule has 3 aromatic rings. The van der Waals surface area contributed by atoms with Crippen molar-refractivity contribution < 1.29 is 14.3 Å². The van der Waals surface area contributed by atoms with E-state index in [1.807, 2.05) is 61.5 Å². The lowest BCUT2D eigenvalue weighted by atomic mass is 9.95. The third-order valence-electron chi connectivity index (χ3n) is 5.09. The maximum absolute atomic E-state index is 12.5. The summed E-state index contributed by atoms with van der Waals surface area (Å²) in [5.41, 5.74) is 3.90. The normalized spacial score (nSPS) is 13.2. The van der Waals surface area contributed by atoms with Crippen molar-refractivity contribution in [1.29, 1.82) is 0 Å². The van der Waals surface area contributed by atoms with Crippen molar-refractivity contribution >= 4 is 28.5 Å². The van der Waals surface area contributed by atoms with Crippen molar-refractivity contribution in [2.75, 3.05) is 6.61 Å². The number of benzene rings is 2. The molecule has 0 amide bonds. The van der Waals surface area contributed by atoms with Gasteiger partial charge in [-0.3, -0.25) is 0 Å². The van der Waals surface area contributed by atoms with Crippen molar-refractivity contribution in [2.45, 2.75) is 39.2 Å². The van der Waals surface area contributed by atoms with Gasteiger partial charge < -0.3 is 9.47 Å². The standard InChI is InChI=1S/C25H25NO3S/c1-2-28-25(27)23-21-10-6-7-11-22(21)30-24(23)26-16-18-12-14-20(15-13-18)29-17-19-8-4-3-5-9-19/h3-5,8-9,12-16H,2,6-7,10-11,17H2,1H3. The monoisotopic (exact) mass is 419 g/mol. The van der Waals surface area contributed by atoms with E-state index in [1.165, 1.54) is 11.3 Å². The summed E-state index contributed by atoms with van der Waals surface area (Å²) in [6.45, 7) is 2.75. The fourth-order valence-corrected chi connectivity index (χ4v) is 4.80. The summed E-state index contributed by atoms with van der Waals surface area (Å²) >= 11 is 1.62. The lowest BCUT2D eigenvalue weighted by molar-refractivity contribution is 0.0526. The lowest BCUT2D eigenvalue weighted by Gasteiger charge is -2.11. The molecule has 5 heteroatoms. The van der Waals surface area contributed by atoms with Gasteiger partial charge in [0.2, 0.25) is 0 Å². The molecular formula is C25H25NO3S. The minimum atomic E-state index is -0.256. The first kappa shape index (κ1) is 20.4. The van der Waals surface area contributed by atoms with E-state index < -0.39 is 0 Å². The number of carbonyl (C=O) groups excluding carboxylic acids is 1. The van der Waals surface area contributed by atoms with Crippen LogP contribution in [0.2, 0.25) is 0 Å². The fourth-order valence-electron chi connectivity index (χ4n) is 3.58. The molecule has 0 bridgehead atoms. The zero-order valence-electron chi connectivity index (χ0n) is 17.1. The summed E-state index contributed by atoms with van der Waals surface area (Å²) in [5.74, 6) is 0.559. The smallest absolute Gasteiger partial charge is 0.341 e. The topological polar surface area (TPSA) is 47.9 Å². The molecule has 0 spiro atoms. The van der Waals surface area contributed by atoms with Gasteiger partial charge in [0.25, 0.3) is 0 Å². The summed E-state index contributed by atoms with van der Waals surface area (Å²) in [4.78, 5) is 18.5. The molecule has 1 heterocycles. The molecule has 154 valence electrons. The van der Waals surface area contributed by atoms with E-state index in [0.29, 0.717) is 18.8 Å². The highest BCUT2D eigenvalue weighted by Gasteiger charge is 2.25. The van der Waals surface area contributed by atoms with Gasteiger partial charge in [-0.05, 0) is 73.6 Å². The molecule has 30 heavy (non-hydrogen) atoms. The number of thiophene rings is 1. The van der Waals surface area contributed by atoms with Crippen molar-refractivity contribution in [3.8, 4) is 5.75 Å². The highest BCUT2D eigenvalue weighted by Crippen LogP contribution is 2.40. The maximum atomic E-state index is 12.5. The summed E-state index contributed by atoms with van der Waals surface area (Å²) in [7, 11) is 0. The molecule has 0 saturated carbocycles. The average Bonchev–Trinajstić information content (AvgIpc) is 3.16. The van der Waals surface area contributed by atoms with Gasteiger partial charge in [-0.2, -0.15) is 0 Å². The molecule has 0 atom stereocenters. The molecule has 1 aromatic heterocycles. The van der Waals surface area contributed by atoms with Crippen LogP contribution in [0.1, 0.15) is 51.7 Å². The number of ether oxygens (including phenoxy) is 2. The van der Waals surface area contributed by atoms with Crippen LogP contribution in [-0.2, 0) is 24.2 Å². The van der Waals surface area contributed by atoms with E-state index in [9.17, 15) is 4.79 Å². The highest BCUT2D eigenvalue weighted by molar-refractivity contribution is 7.16. The Labute approximate surface area is 181 Å². The number of esters is 1. The van der Waals surface area contributed by atoms with E-state index in [4.69, 9.17) is 9.47 Å². The van der Waals surface area contributed by atoms with Crippen LogP contribution in [0.15, 0.2) is 59.6 Å². The third-order valence-corrected chi connectivity index (χ3v) is 6.29. The molecule has 0 saturated heterocycles. The van der Waals surface area contributed by atoms with E-state index in [-0.39, 0.29) is 5.97 Å². The molecule has 1 aliphatic rings. The van der Waals surface area contributed by atoms with E-state index in [2.05, 4.69) is 4.99 Å². The Hall–Kier alpha value is -2.92. The van der Waals surface area contributed by atoms with Crippen LogP contribution in [0.4, 0.5) is 5.00 Å². The van der Waals surface area contributed by atoms with Gasteiger partial charge in [-0.15, -0.1) is 11.3 Å². The second kappa shape index (κ2) is 9.72. The molecule has 0 N–H and O–H groups in total. The van der Waals surface area contributed by atoms with Gasteiger partial charge in [-0.25, -0.2) is 9.79 Å². The Morgan fingerprint density at radius 2 is 1.83 bits per heavy atom. The second-order valence-electron chi connectivity index (χ2n) is 7.21. The van der Waals surface area contributed by atoms with Gasteiger partial charge in [0.15, 0.2) is 0 Å². The van der Waals surface area contributed by atoms with Crippen molar-refractivity contribution in [2.24, 2.45) is 4.99 Å². The van der Waals surface area contributed by atoms with Crippen LogP contribution in [0, 0.1) is 0 Å². The Morgan fingerprint density at radius 3 is 2.60 bits per heavy atom. The maximum Gasteiger partial charge on any atom is 0.341 e. The largest absolute Gasteiger partial charge is 0.489 e. The van der Waals surface area contributed by atoms with Gasteiger partial charge >= 0.3 is 5.97 Å². The van der Waals surface area contributed by atoms with Crippen LogP contribution < -0.4 is 4.74 Å². The summed E-state index contributed by atoms with van der Waals surface area (Å²) in [6.07, 6.45) is 6.05. The zero-order chi connectivity index (χ0) is 20.8. The molecule has 4 nitrogen and oxygen atoms in total. The third kappa shape index (κ3) is 4.79. The molecule has 0 unspecified atom stereocenters. The van der Waals surface area contributed by atoms with Gasteiger partial charge in [0.1, 0.15) is 17.4 Å². The highest BCUT2D eigenvalue weighted by atomic mass is 32.1. The van der Waals surface area contributed by atoms with Crippen LogP contribution in [0.5, 0.6) is 5.75 Å². The van der Waals surface area contributed by atoms with Crippen molar-refractivity contribution in [1.82, 2.24) is 0 Å². The Balaban J connectivity index is 1.48. The van der Waals surface area contributed by atoms with Crippen molar-refractivity contribution in [3.05, 3.63) is 81.7 Å². The minimum absolute atomic E-state index is 0.256. The average molecular weight is 420 g/mol. The van der Waals surface area contributed by atoms with Crippen LogP contribution in [0.3, 0.4) is 0 Å². The number of aliphatic imine (C=N–C) groups is 1. The number of fused-ring (bicyclic) bond motifs is 1. The van der Waals surface area contributed by atoms with Gasteiger partial charge in [-0.1, -0.05) is 30.3 Å². The Morgan fingerprint density at radius 1 is 1.07 bits per heavy atom. The van der Waals surface area contributed by atoms with Crippen LogP contribution >= 0.6 is 11.3 Å². The first-order valence-corrected chi connectivity index (χ1v) is 11.2.